The van der Waals surface area contributed by atoms with Gasteiger partial charge in [-0.05, 0) is 25.0 Å². The molecule has 1 aromatic carbocycles. The van der Waals surface area contributed by atoms with E-state index < -0.39 is 24.0 Å². The van der Waals surface area contributed by atoms with Crippen molar-refractivity contribution in [1.82, 2.24) is 10.3 Å². The average Bonchev–Trinajstić information content (AvgIpc) is 3.05. The van der Waals surface area contributed by atoms with Crippen LogP contribution < -0.4 is 10.9 Å². The molecule has 1 saturated heterocycles. The predicted molar refractivity (Wildman–Crippen MR) is 76.0 cm³/mol. The van der Waals surface area contributed by atoms with Crippen molar-refractivity contribution < 1.29 is 19.8 Å². The van der Waals surface area contributed by atoms with E-state index in [1.165, 1.54) is 4.90 Å². The smallest absolute Gasteiger partial charge is 0.270 e. The molecule has 1 heterocycles. The Morgan fingerprint density at radius 3 is 2.29 bits per heavy atom. The van der Waals surface area contributed by atoms with E-state index in [4.69, 9.17) is 0 Å². The van der Waals surface area contributed by atoms with E-state index in [2.05, 4.69) is 10.9 Å². The second-order valence-electron chi connectivity index (χ2n) is 4.90. The van der Waals surface area contributed by atoms with Crippen molar-refractivity contribution in [3.63, 3.8) is 0 Å². The monoisotopic (exact) mass is 293 g/mol. The quantitative estimate of drug-likeness (QED) is 0.547. The van der Waals surface area contributed by atoms with Gasteiger partial charge in [-0.15, -0.1) is 0 Å². The van der Waals surface area contributed by atoms with Gasteiger partial charge in [0.2, 0.25) is 0 Å². The lowest BCUT2D eigenvalue weighted by Crippen LogP contribution is -2.51. The minimum atomic E-state index is -1.81. The highest BCUT2D eigenvalue weighted by molar-refractivity contribution is 5.91. The second-order valence-corrected chi connectivity index (χ2v) is 4.90. The van der Waals surface area contributed by atoms with Gasteiger partial charge in [-0.25, -0.2) is 0 Å². The van der Waals surface area contributed by atoms with E-state index in [0.29, 0.717) is 18.8 Å². The second kappa shape index (κ2) is 7.05. The van der Waals surface area contributed by atoms with Gasteiger partial charge in [-0.1, -0.05) is 18.2 Å². The molecule has 2 amide bonds. The molecule has 0 bridgehead atoms. The van der Waals surface area contributed by atoms with Crippen molar-refractivity contribution in [2.45, 2.75) is 25.0 Å². The summed E-state index contributed by atoms with van der Waals surface area (Å²) in [5.74, 6) is -1.48. The molecule has 0 saturated carbocycles. The van der Waals surface area contributed by atoms with E-state index in [9.17, 15) is 19.8 Å². The molecule has 0 spiro atoms. The number of hydrogen-bond acceptors (Lipinski definition) is 5. The summed E-state index contributed by atoms with van der Waals surface area (Å²) in [6.07, 6.45) is -1.82. The molecule has 2 unspecified atom stereocenters. The van der Waals surface area contributed by atoms with E-state index in [1.54, 1.807) is 24.3 Å². The zero-order valence-corrected chi connectivity index (χ0v) is 11.5. The van der Waals surface area contributed by atoms with Crippen molar-refractivity contribution in [2.75, 3.05) is 18.5 Å². The summed E-state index contributed by atoms with van der Waals surface area (Å²) in [6.45, 7) is 1.10. The van der Waals surface area contributed by atoms with Gasteiger partial charge in [0.1, 0.15) is 0 Å². The Balaban J connectivity index is 1.84. The van der Waals surface area contributed by atoms with Crippen LogP contribution in [0.3, 0.4) is 0 Å². The van der Waals surface area contributed by atoms with Crippen LogP contribution in [-0.2, 0) is 9.59 Å². The molecule has 114 valence electrons. The molecule has 1 aliphatic rings. The lowest BCUT2D eigenvalue weighted by molar-refractivity contribution is -0.152. The number of benzene rings is 1. The Morgan fingerprint density at radius 2 is 1.67 bits per heavy atom. The Hall–Kier alpha value is -2.12. The Kier molecular flexibility index (Phi) is 5.13. The van der Waals surface area contributed by atoms with E-state index in [-0.39, 0.29) is 0 Å². The average molecular weight is 293 g/mol. The van der Waals surface area contributed by atoms with E-state index >= 15 is 0 Å². The van der Waals surface area contributed by atoms with E-state index in [1.807, 2.05) is 6.07 Å². The van der Waals surface area contributed by atoms with Gasteiger partial charge in [0, 0.05) is 13.1 Å². The molecule has 1 fully saturated rings. The van der Waals surface area contributed by atoms with Crippen molar-refractivity contribution in [3.8, 4) is 0 Å². The van der Waals surface area contributed by atoms with Gasteiger partial charge in [-0.3, -0.25) is 20.4 Å². The van der Waals surface area contributed by atoms with Crippen LogP contribution in [0.2, 0.25) is 0 Å². The fourth-order valence-electron chi connectivity index (χ4n) is 2.13. The van der Waals surface area contributed by atoms with Crippen LogP contribution in [0.4, 0.5) is 5.69 Å². The zero-order valence-electron chi connectivity index (χ0n) is 11.5. The summed E-state index contributed by atoms with van der Waals surface area (Å²) in [4.78, 5) is 25.1. The normalized spacial score (nSPS) is 17.1. The number of carbonyl (C=O) groups excluding carboxylic acids is 2. The number of carbonyl (C=O) groups is 2. The van der Waals surface area contributed by atoms with Gasteiger partial charge in [0.05, 0.1) is 5.69 Å². The summed E-state index contributed by atoms with van der Waals surface area (Å²) in [5, 5.41) is 19.5. The third-order valence-electron chi connectivity index (χ3n) is 3.34. The topological polar surface area (TPSA) is 102 Å². The highest BCUT2D eigenvalue weighted by Gasteiger charge is 2.34. The van der Waals surface area contributed by atoms with Gasteiger partial charge in [0.25, 0.3) is 11.8 Å². The number of hydrogen-bond donors (Lipinski definition) is 4. The molecule has 0 aliphatic carbocycles. The number of aliphatic hydroxyl groups excluding tert-OH is 2. The van der Waals surface area contributed by atoms with Gasteiger partial charge >= 0.3 is 0 Å². The fraction of sp³-hybridized carbons (Fsp3) is 0.429. The lowest BCUT2D eigenvalue weighted by atomic mass is 10.1. The van der Waals surface area contributed by atoms with Crippen LogP contribution in [0.25, 0.3) is 0 Å². The molecule has 0 aromatic heterocycles. The van der Waals surface area contributed by atoms with Crippen LogP contribution in [0.15, 0.2) is 30.3 Å². The SMILES string of the molecule is O=C(NNc1ccccc1)C(O)C(O)C(=O)N1CCCC1. The Bertz CT molecular complexity index is 488. The molecule has 7 heteroatoms. The Morgan fingerprint density at radius 1 is 1.05 bits per heavy atom. The molecule has 2 rings (SSSR count). The minimum absolute atomic E-state index is 0.548. The molecule has 21 heavy (non-hydrogen) atoms. The fourth-order valence-corrected chi connectivity index (χ4v) is 2.13. The van der Waals surface area contributed by atoms with Crippen molar-refractivity contribution in [3.05, 3.63) is 30.3 Å². The summed E-state index contributed by atoms with van der Waals surface area (Å²) >= 11 is 0. The predicted octanol–water partition coefficient (Wildman–Crippen LogP) is -0.526. The molecule has 2 atom stereocenters. The highest BCUT2D eigenvalue weighted by atomic mass is 16.3. The molecule has 4 N–H and O–H groups in total. The van der Waals surface area contributed by atoms with Crippen molar-refractivity contribution in [1.29, 1.82) is 0 Å². The number of para-hydroxylation sites is 1. The largest absolute Gasteiger partial charge is 0.380 e. The molecule has 1 aromatic rings. The maximum atomic E-state index is 11.9. The third kappa shape index (κ3) is 3.93. The zero-order chi connectivity index (χ0) is 15.2. The number of amides is 2. The van der Waals surface area contributed by atoms with Crippen LogP contribution >= 0.6 is 0 Å². The minimum Gasteiger partial charge on any atom is -0.380 e. The number of aliphatic hydroxyl groups is 2. The van der Waals surface area contributed by atoms with Gasteiger partial charge < -0.3 is 15.1 Å². The first-order valence-corrected chi connectivity index (χ1v) is 6.85. The number of rotatable bonds is 5. The molecule has 0 radical (unpaired) electrons. The molecular formula is C14H19N3O4. The number of likely N-dealkylation sites (tertiary alicyclic amines) is 1. The standard InChI is InChI=1S/C14H19N3O4/c18-11(12(19)14(21)17-8-4-5-9-17)13(20)16-15-10-6-2-1-3-7-10/h1-3,6-7,11-12,15,18-19H,4-5,8-9H2,(H,16,20). The summed E-state index contributed by atoms with van der Waals surface area (Å²) < 4.78 is 0. The lowest BCUT2D eigenvalue weighted by Gasteiger charge is -2.22. The van der Waals surface area contributed by atoms with Crippen molar-refractivity contribution in [2.24, 2.45) is 0 Å². The molecular weight excluding hydrogens is 274 g/mol. The Labute approximate surface area is 122 Å². The van der Waals surface area contributed by atoms with Crippen LogP contribution in [-0.4, -0.2) is 52.2 Å². The van der Waals surface area contributed by atoms with Gasteiger partial charge in [0.15, 0.2) is 12.2 Å². The highest BCUT2D eigenvalue weighted by Crippen LogP contribution is 2.11. The first-order valence-electron chi connectivity index (χ1n) is 6.85. The summed E-state index contributed by atoms with van der Waals surface area (Å²) in [7, 11) is 0. The summed E-state index contributed by atoms with van der Waals surface area (Å²) in [5.41, 5.74) is 5.47. The first-order chi connectivity index (χ1) is 10.1. The molecule has 1 aliphatic heterocycles. The number of anilines is 1. The van der Waals surface area contributed by atoms with Crippen LogP contribution in [0, 0.1) is 0 Å². The number of nitrogens with zero attached hydrogens (tertiary/aromatic N) is 1. The first kappa shape index (κ1) is 15.3. The number of nitrogens with one attached hydrogen (secondary N) is 2. The molecule has 7 nitrogen and oxygen atoms in total. The van der Waals surface area contributed by atoms with Crippen LogP contribution in [0.5, 0.6) is 0 Å². The van der Waals surface area contributed by atoms with E-state index in [0.717, 1.165) is 12.8 Å². The number of hydrazine groups is 1. The maximum absolute atomic E-state index is 11.9. The third-order valence-corrected chi connectivity index (χ3v) is 3.34. The van der Waals surface area contributed by atoms with Crippen LogP contribution in [0.1, 0.15) is 12.8 Å². The van der Waals surface area contributed by atoms with Crippen molar-refractivity contribution >= 4 is 17.5 Å². The maximum Gasteiger partial charge on any atom is 0.270 e. The van der Waals surface area contributed by atoms with Gasteiger partial charge in [-0.2, -0.15) is 0 Å². The summed E-state index contributed by atoms with van der Waals surface area (Å²) in [6, 6.07) is 8.81.